The van der Waals surface area contributed by atoms with E-state index in [0.29, 0.717) is 17.5 Å². The van der Waals surface area contributed by atoms with Crippen LogP contribution in [0.2, 0.25) is 0 Å². The average Bonchev–Trinajstić information content (AvgIpc) is 3.13. The summed E-state index contributed by atoms with van der Waals surface area (Å²) < 4.78 is 5.69. The summed E-state index contributed by atoms with van der Waals surface area (Å²) in [5.74, 6) is 1.57. The van der Waals surface area contributed by atoms with Gasteiger partial charge in [0.05, 0.1) is 6.61 Å². The molecule has 2 unspecified atom stereocenters. The number of hydrogen-bond donors (Lipinski definition) is 1. The van der Waals surface area contributed by atoms with Gasteiger partial charge in [0, 0.05) is 37.8 Å². The summed E-state index contributed by atoms with van der Waals surface area (Å²) in [7, 11) is 0. The highest BCUT2D eigenvalue weighted by Gasteiger charge is 2.45. The van der Waals surface area contributed by atoms with Gasteiger partial charge in [-0.1, -0.05) is 13.8 Å². The van der Waals surface area contributed by atoms with E-state index < -0.39 is 0 Å². The Morgan fingerprint density at radius 3 is 2.67 bits per heavy atom. The van der Waals surface area contributed by atoms with Crippen LogP contribution in [0.1, 0.15) is 40.5 Å². The molecule has 0 amide bonds. The number of piperazine rings is 1. The molecule has 1 heterocycles. The Morgan fingerprint density at radius 1 is 1.39 bits per heavy atom. The van der Waals surface area contributed by atoms with Gasteiger partial charge in [-0.3, -0.25) is 4.90 Å². The fourth-order valence-corrected chi connectivity index (χ4v) is 3.28. The summed E-state index contributed by atoms with van der Waals surface area (Å²) in [4.78, 5) is 2.66. The van der Waals surface area contributed by atoms with Crippen molar-refractivity contribution in [2.75, 3.05) is 32.8 Å². The fraction of sp³-hybridized carbons (Fsp3) is 1.00. The largest absolute Gasteiger partial charge is 0.380 e. The van der Waals surface area contributed by atoms with E-state index in [0.717, 1.165) is 32.2 Å². The maximum absolute atomic E-state index is 5.69. The number of rotatable bonds is 6. The Bertz CT molecular complexity index is 265. The van der Waals surface area contributed by atoms with Crippen molar-refractivity contribution in [2.24, 2.45) is 11.8 Å². The molecule has 3 heteroatoms. The van der Waals surface area contributed by atoms with Crippen molar-refractivity contribution >= 4 is 0 Å². The van der Waals surface area contributed by atoms with Crippen LogP contribution >= 0.6 is 0 Å². The molecule has 0 radical (unpaired) electrons. The summed E-state index contributed by atoms with van der Waals surface area (Å²) in [6, 6.07) is 0.574. The van der Waals surface area contributed by atoms with Gasteiger partial charge in [-0.25, -0.2) is 0 Å². The second-order valence-electron chi connectivity index (χ2n) is 6.56. The zero-order valence-corrected chi connectivity index (χ0v) is 12.5. The lowest BCUT2D eigenvalue weighted by molar-refractivity contribution is 0.0112. The van der Waals surface area contributed by atoms with E-state index in [1.54, 1.807) is 0 Å². The third-order valence-corrected chi connectivity index (χ3v) is 4.67. The van der Waals surface area contributed by atoms with Gasteiger partial charge < -0.3 is 10.1 Å². The first-order valence-corrected chi connectivity index (χ1v) is 7.63. The Labute approximate surface area is 112 Å². The van der Waals surface area contributed by atoms with E-state index in [9.17, 15) is 0 Å². The van der Waals surface area contributed by atoms with E-state index in [1.165, 1.54) is 19.4 Å². The van der Waals surface area contributed by atoms with Crippen LogP contribution in [-0.4, -0.2) is 49.3 Å². The molecule has 0 spiro atoms. The summed E-state index contributed by atoms with van der Waals surface area (Å²) >= 11 is 0. The predicted octanol–water partition coefficient (Wildman–Crippen LogP) is 2.12. The van der Waals surface area contributed by atoms with Crippen molar-refractivity contribution in [3.63, 3.8) is 0 Å². The van der Waals surface area contributed by atoms with Gasteiger partial charge in [-0.15, -0.1) is 0 Å². The Hall–Kier alpha value is -0.120. The molecule has 2 aliphatic rings. The standard InChI is InChI=1S/C15H30N2O/c1-5-18-10-14(12(2)3)17-9-8-16-15(4,11-17)13-6-7-13/h12-14,16H,5-11H2,1-4H3. The topological polar surface area (TPSA) is 24.5 Å². The molecule has 0 aromatic carbocycles. The molecule has 106 valence electrons. The van der Waals surface area contributed by atoms with Crippen LogP contribution in [0.25, 0.3) is 0 Å². The quantitative estimate of drug-likeness (QED) is 0.786. The highest BCUT2D eigenvalue weighted by atomic mass is 16.5. The minimum absolute atomic E-state index is 0.345. The molecule has 1 aliphatic carbocycles. The SMILES string of the molecule is CCOCC(C(C)C)N1CCNC(C)(C2CC2)C1. The minimum Gasteiger partial charge on any atom is -0.380 e. The van der Waals surface area contributed by atoms with Crippen molar-refractivity contribution in [3.8, 4) is 0 Å². The molecule has 0 bridgehead atoms. The van der Waals surface area contributed by atoms with Gasteiger partial charge in [0.15, 0.2) is 0 Å². The molecule has 2 atom stereocenters. The van der Waals surface area contributed by atoms with Crippen molar-refractivity contribution in [3.05, 3.63) is 0 Å². The summed E-state index contributed by atoms with van der Waals surface area (Å²) in [5.41, 5.74) is 0.345. The number of nitrogens with zero attached hydrogens (tertiary/aromatic N) is 1. The lowest BCUT2D eigenvalue weighted by Gasteiger charge is -2.46. The lowest BCUT2D eigenvalue weighted by Crippen LogP contribution is -2.63. The molecule has 1 aliphatic heterocycles. The third-order valence-electron chi connectivity index (χ3n) is 4.67. The Balaban J connectivity index is 1.96. The molecule has 0 aromatic heterocycles. The van der Waals surface area contributed by atoms with Crippen molar-refractivity contribution in [1.82, 2.24) is 10.2 Å². The average molecular weight is 254 g/mol. The maximum Gasteiger partial charge on any atom is 0.0624 e. The number of nitrogens with one attached hydrogen (secondary N) is 1. The van der Waals surface area contributed by atoms with Gasteiger partial charge >= 0.3 is 0 Å². The van der Waals surface area contributed by atoms with Crippen molar-refractivity contribution in [2.45, 2.75) is 52.1 Å². The van der Waals surface area contributed by atoms with E-state index in [1.807, 2.05) is 0 Å². The van der Waals surface area contributed by atoms with E-state index in [2.05, 4.69) is 37.9 Å². The molecule has 0 aromatic rings. The van der Waals surface area contributed by atoms with Crippen molar-refractivity contribution in [1.29, 1.82) is 0 Å². The van der Waals surface area contributed by atoms with Crippen LogP contribution in [0.3, 0.4) is 0 Å². The van der Waals surface area contributed by atoms with Crippen molar-refractivity contribution < 1.29 is 4.74 Å². The third kappa shape index (κ3) is 3.25. The molecule has 3 nitrogen and oxygen atoms in total. The van der Waals surface area contributed by atoms with Gasteiger partial charge in [0.2, 0.25) is 0 Å². The molecular weight excluding hydrogens is 224 g/mol. The molecule has 1 saturated carbocycles. The Morgan fingerprint density at radius 2 is 2.11 bits per heavy atom. The maximum atomic E-state index is 5.69. The fourth-order valence-electron chi connectivity index (χ4n) is 3.28. The van der Waals surface area contributed by atoms with Gasteiger partial charge in [-0.2, -0.15) is 0 Å². The second kappa shape index (κ2) is 5.89. The van der Waals surface area contributed by atoms with Gasteiger partial charge in [0.25, 0.3) is 0 Å². The van der Waals surface area contributed by atoms with E-state index >= 15 is 0 Å². The molecule has 1 saturated heterocycles. The van der Waals surface area contributed by atoms with Gasteiger partial charge in [0.1, 0.15) is 0 Å². The lowest BCUT2D eigenvalue weighted by atomic mass is 9.90. The number of hydrogen-bond acceptors (Lipinski definition) is 3. The molecular formula is C15H30N2O. The number of ether oxygens (including phenoxy) is 1. The monoisotopic (exact) mass is 254 g/mol. The summed E-state index contributed by atoms with van der Waals surface area (Å²) in [6.45, 7) is 14.3. The highest BCUT2D eigenvalue weighted by molar-refractivity contribution is 5.03. The van der Waals surface area contributed by atoms with Crippen LogP contribution in [0.15, 0.2) is 0 Å². The van der Waals surface area contributed by atoms with Gasteiger partial charge in [-0.05, 0) is 38.5 Å². The van der Waals surface area contributed by atoms with Crippen LogP contribution in [0.4, 0.5) is 0 Å². The summed E-state index contributed by atoms with van der Waals surface area (Å²) in [6.07, 6.45) is 2.82. The highest BCUT2D eigenvalue weighted by Crippen LogP contribution is 2.41. The first-order chi connectivity index (χ1) is 8.57. The zero-order chi connectivity index (χ0) is 13.2. The predicted molar refractivity (Wildman–Crippen MR) is 75.8 cm³/mol. The van der Waals surface area contributed by atoms with E-state index in [4.69, 9.17) is 4.74 Å². The molecule has 2 fully saturated rings. The molecule has 2 rings (SSSR count). The smallest absolute Gasteiger partial charge is 0.0624 e. The second-order valence-corrected chi connectivity index (χ2v) is 6.56. The summed E-state index contributed by atoms with van der Waals surface area (Å²) in [5, 5.41) is 3.75. The normalized spacial score (nSPS) is 31.8. The molecule has 1 N–H and O–H groups in total. The van der Waals surface area contributed by atoms with Crippen LogP contribution in [-0.2, 0) is 4.74 Å². The van der Waals surface area contributed by atoms with Crippen LogP contribution in [0.5, 0.6) is 0 Å². The Kier molecular flexibility index (Phi) is 4.68. The van der Waals surface area contributed by atoms with Crippen LogP contribution < -0.4 is 5.32 Å². The van der Waals surface area contributed by atoms with Crippen LogP contribution in [0, 0.1) is 11.8 Å². The first-order valence-electron chi connectivity index (χ1n) is 7.63. The molecule has 18 heavy (non-hydrogen) atoms. The van der Waals surface area contributed by atoms with E-state index in [-0.39, 0.29) is 0 Å². The minimum atomic E-state index is 0.345. The zero-order valence-electron chi connectivity index (χ0n) is 12.5. The first kappa shape index (κ1) is 14.3.